The normalized spacial score (nSPS) is 24.8. The molecule has 0 spiro atoms. The van der Waals surface area contributed by atoms with Crippen molar-refractivity contribution in [3.63, 3.8) is 0 Å². The van der Waals surface area contributed by atoms with Gasteiger partial charge in [-0.05, 0) is 25.6 Å². The zero-order valence-electron chi connectivity index (χ0n) is 11.4. The predicted molar refractivity (Wildman–Crippen MR) is 70.0 cm³/mol. The van der Waals surface area contributed by atoms with Gasteiger partial charge in [0.2, 0.25) is 0 Å². The molecule has 5 heteroatoms. The van der Waals surface area contributed by atoms with Gasteiger partial charge in [-0.2, -0.15) is 0 Å². The van der Waals surface area contributed by atoms with Crippen molar-refractivity contribution < 1.29 is 19.1 Å². The van der Waals surface area contributed by atoms with Crippen molar-refractivity contribution >= 4 is 5.97 Å². The van der Waals surface area contributed by atoms with E-state index in [-0.39, 0.29) is 12.1 Å². The van der Waals surface area contributed by atoms with Gasteiger partial charge >= 0.3 is 5.97 Å². The van der Waals surface area contributed by atoms with Crippen LogP contribution in [0.5, 0.6) is 0 Å². The summed E-state index contributed by atoms with van der Waals surface area (Å²) in [6.07, 6.45) is 2.45. The summed E-state index contributed by atoms with van der Waals surface area (Å²) in [6, 6.07) is 4.00. The molecule has 1 N–H and O–H groups in total. The maximum absolute atomic E-state index is 11.2. The van der Waals surface area contributed by atoms with Gasteiger partial charge in [-0.15, -0.1) is 0 Å². The van der Waals surface area contributed by atoms with Crippen LogP contribution in [0.4, 0.5) is 0 Å². The molecule has 0 radical (unpaired) electrons. The Labute approximate surface area is 113 Å². The molecule has 3 atom stereocenters. The molecule has 5 nitrogen and oxygen atoms in total. The van der Waals surface area contributed by atoms with Crippen molar-refractivity contribution in [2.45, 2.75) is 32.4 Å². The third-order valence-electron chi connectivity index (χ3n) is 3.80. The number of ether oxygens (including phenoxy) is 1. The lowest BCUT2D eigenvalue weighted by atomic mass is 9.99. The van der Waals surface area contributed by atoms with E-state index in [0.717, 1.165) is 18.7 Å². The summed E-state index contributed by atoms with van der Waals surface area (Å²) in [7, 11) is 0. The molecule has 0 saturated carbocycles. The lowest BCUT2D eigenvalue weighted by Gasteiger charge is -2.34. The Hall–Kier alpha value is -1.33. The minimum absolute atomic E-state index is 0.0486. The predicted octanol–water partition coefficient (Wildman–Crippen LogP) is 1.63. The van der Waals surface area contributed by atoms with Gasteiger partial charge in [-0.25, -0.2) is 0 Å². The van der Waals surface area contributed by atoms with Crippen LogP contribution in [-0.2, 0) is 16.0 Å². The highest BCUT2D eigenvalue weighted by molar-refractivity contribution is 5.71. The second-order valence-corrected chi connectivity index (χ2v) is 5.01. The number of hydrogen-bond donors (Lipinski definition) is 1. The third kappa shape index (κ3) is 3.16. The van der Waals surface area contributed by atoms with E-state index in [1.807, 2.05) is 12.1 Å². The standard InChI is InChI=1S/C14H21NO4/c1-3-15(10(2)7-11-5-4-6-19-11)13-9-18-8-12(13)14(16)17/h4-6,10,12-13H,3,7-9H2,1-2H3,(H,16,17). The number of aliphatic carboxylic acids is 1. The van der Waals surface area contributed by atoms with Crippen LogP contribution in [0.1, 0.15) is 19.6 Å². The van der Waals surface area contributed by atoms with E-state index in [1.165, 1.54) is 0 Å². The Bertz CT molecular complexity index is 404. The summed E-state index contributed by atoms with van der Waals surface area (Å²) in [5.41, 5.74) is 0. The zero-order valence-corrected chi connectivity index (χ0v) is 11.4. The molecule has 0 amide bonds. The summed E-state index contributed by atoms with van der Waals surface area (Å²) in [6.45, 7) is 5.76. The van der Waals surface area contributed by atoms with Crippen LogP contribution in [0.25, 0.3) is 0 Å². The number of furan rings is 1. The molecule has 0 aromatic carbocycles. The lowest BCUT2D eigenvalue weighted by Crippen LogP contribution is -2.48. The van der Waals surface area contributed by atoms with Gasteiger partial charge in [0.15, 0.2) is 0 Å². The molecular formula is C14H21NO4. The SMILES string of the molecule is CCN(C(C)Cc1ccco1)C1COCC1C(=O)O. The molecular weight excluding hydrogens is 246 g/mol. The number of carbonyl (C=O) groups is 1. The smallest absolute Gasteiger partial charge is 0.310 e. The Morgan fingerprint density at radius 2 is 2.37 bits per heavy atom. The summed E-state index contributed by atoms with van der Waals surface area (Å²) >= 11 is 0. The minimum atomic E-state index is -0.772. The van der Waals surface area contributed by atoms with Gasteiger partial charge in [-0.1, -0.05) is 6.92 Å². The fourth-order valence-electron chi connectivity index (χ4n) is 2.82. The molecule has 1 aromatic rings. The monoisotopic (exact) mass is 267 g/mol. The number of hydrogen-bond acceptors (Lipinski definition) is 4. The van der Waals surface area contributed by atoms with E-state index in [0.29, 0.717) is 13.2 Å². The Balaban J connectivity index is 2.04. The molecule has 19 heavy (non-hydrogen) atoms. The first-order chi connectivity index (χ1) is 9.13. The summed E-state index contributed by atoms with van der Waals surface area (Å²) in [5, 5.41) is 9.24. The van der Waals surface area contributed by atoms with E-state index in [9.17, 15) is 9.90 Å². The van der Waals surface area contributed by atoms with Crippen molar-refractivity contribution in [1.29, 1.82) is 0 Å². The minimum Gasteiger partial charge on any atom is -0.481 e. The molecule has 1 aliphatic heterocycles. The first-order valence-electron chi connectivity index (χ1n) is 6.72. The summed E-state index contributed by atoms with van der Waals surface area (Å²) < 4.78 is 10.7. The van der Waals surface area contributed by atoms with Crippen LogP contribution < -0.4 is 0 Å². The average molecular weight is 267 g/mol. The van der Waals surface area contributed by atoms with Gasteiger partial charge in [0.05, 0.1) is 25.4 Å². The maximum Gasteiger partial charge on any atom is 0.310 e. The summed E-state index contributed by atoms with van der Waals surface area (Å²) in [5.74, 6) is -0.276. The molecule has 1 aliphatic rings. The van der Waals surface area contributed by atoms with Gasteiger partial charge in [0.25, 0.3) is 0 Å². The summed E-state index contributed by atoms with van der Waals surface area (Å²) in [4.78, 5) is 13.4. The van der Waals surface area contributed by atoms with Crippen molar-refractivity contribution in [2.75, 3.05) is 19.8 Å². The van der Waals surface area contributed by atoms with Gasteiger partial charge in [0, 0.05) is 18.5 Å². The number of carboxylic acid groups (broad SMARTS) is 1. The molecule has 0 aliphatic carbocycles. The topological polar surface area (TPSA) is 62.9 Å². The Morgan fingerprint density at radius 3 is 2.95 bits per heavy atom. The fourth-order valence-corrected chi connectivity index (χ4v) is 2.82. The Morgan fingerprint density at radius 1 is 1.58 bits per heavy atom. The van der Waals surface area contributed by atoms with E-state index in [4.69, 9.17) is 9.15 Å². The largest absolute Gasteiger partial charge is 0.481 e. The molecule has 0 bridgehead atoms. The van der Waals surface area contributed by atoms with Crippen molar-refractivity contribution in [2.24, 2.45) is 5.92 Å². The van der Waals surface area contributed by atoms with Crippen molar-refractivity contribution in [3.8, 4) is 0 Å². The second kappa shape index (κ2) is 6.21. The highest BCUT2D eigenvalue weighted by atomic mass is 16.5. The van der Waals surface area contributed by atoms with Crippen LogP contribution in [0.3, 0.4) is 0 Å². The maximum atomic E-state index is 11.2. The highest BCUT2D eigenvalue weighted by Crippen LogP contribution is 2.23. The molecule has 3 unspecified atom stereocenters. The molecule has 1 aromatic heterocycles. The van der Waals surface area contributed by atoms with Gasteiger partial charge in [-0.3, -0.25) is 9.69 Å². The van der Waals surface area contributed by atoms with Crippen molar-refractivity contribution in [3.05, 3.63) is 24.2 Å². The molecule has 106 valence electrons. The van der Waals surface area contributed by atoms with Gasteiger partial charge < -0.3 is 14.3 Å². The Kier molecular flexibility index (Phi) is 4.61. The first-order valence-corrected chi connectivity index (χ1v) is 6.72. The second-order valence-electron chi connectivity index (χ2n) is 5.01. The lowest BCUT2D eigenvalue weighted by molar-refractivity contribution is -0.143. The van der Waals surface area contributed by atoms with Crippen LogP contribution in [-0.4, -0.2) is 47.8 Å². The van der Waals surface area contributed by atoms with E-state index in [1.54, 1.807) is 6.26 Å². The van der Waals surface area contributed by atoms with Crippen LogP contribution in [0.15, 0.2) is 22.8 Å². The quantitative estimate of drug-likeness (QED) is 0.848. The number of carboxylic acids is 1. The number of likely N-dealkylation sites (N-methyl/N-ethyl adjacent to an activating group) is 1. The molecule has 2 heterocycles. The highest BCUT2D eigenvalue weighted by Gasteiger charge is 2.39. The van der Waals surface area contributed by atoms with Crippen LogP contribution in [0, 0.1) is 5.92 Å². The van der Waals surface area contributed by atoms with E-state index < -0.39 is 11.9 Å². The van der Waals surface area contributed by atoms with Crippen molar-refractivity contribution in [1.82, 2.24) is 4.90 Å². The average Bonchev–Trinajstić information content (AvgIpc) is 3.00. The molecule has 1 saturated heterocycles. The molecule has 2 rings (SSSR count). The first kappa shape index (κ1) is 14.1. The number of rotatable bonds is 6. The van der Waals surface area contributed by atoms with Crippen LogP contribution >= 0.6 is 0 Å². The van der Waals surface area contributed by atoms with Gasteiger partial charge in [0.1, 0.15) is 5.76 Å². The molecule has 1 fully saturated rings. The van der Waals surface area contributed by atoms with E-state index in [2.05, 4.69) is 18.7 Å². The third-order valence-corrected chi connectivity index (χ3v) is 3.80. The number of nitrogens with zero attached hydrogens (tertiary/aromatic N) is 1. The fraction of sp³-hybridized carbons (Fsp3) is 0.643. The van der Waals surface area contributed by atoms with E-state index >= 15 is 0 Å². The van der Waals surface area contributed by atoms with Crippen LogP contribution in [0.2, 0.25) is 0 Å². The zero-order chi connectivity index (χ0) is 13.8.